The molecule has 5 nitrogen and oxygen atoms in total. The Bertz CT molecular complexity index is 248. The molecule has 1 fully saturated rings. The van der Waals surface area contributed by atoms with Crippen LogP contribution in [0.3, 0.4) is 0 Å². The van der Waals surface area contributed by atoms with Crippen LogP contribution >= 0.6 is 0 Å². The molecule has 0 saturated carbocycles. The van der Waals surface area contributed by atoms with Crippen LogP contribution in [0.4, 0.5) is 4.79 Å². The largest absolute Gasteiger partial charge is 0.352 e. The number of hydrogen-bond acceptors (Lipinski definition) is 3. The molecule has 0 aromatic carbocycles. The van der Waals surface area contributed by atoms with Crippen molar-refractivity contribution in [2.75, 3.05) is 19.6 Å². The molecule has 16 heavy (non-hydrogen) atoms. The van der Waals surface area contributed by atoms with Gasteiger partial charge in [-0.1, -0.05) is 0 Å². The first-order valence-corrected chi connectivity index (χ1v) is 5.85. The molecule has 0 bridgehead atoms. The van der Waals surface area contributed by atoms with Crippen molar-refractivity contribution >= 4 is 11.8 Å². The summed E-state index contributed by atoms with van der Waals surface area (Å²) in [5.41, 5.74) is 5.07. The molecule has 1 heterocycles. The Kier molecular flexibility index (Phi) is 5.25. The van der Waals surface area contributed by atoms with Crippen LogP contribution in [0.5, 0.6) is 0 Å². The van der Waals surface area contributed by atoms with E-state index in [9.17, 15) is 9.59 Å². The second kappa shape index (κ2) is 6.48. The predicted octanol–water partition coefficient (Wildman–Crippen LogP) is 0.488. The first-order valence-electron chi connectivity index (χ1n) is 5.85. The molecule has 92 valence electrons. The number of carbonyl (C=O) groups excluding carboxylic acids is 2. The maximum Gasteiger partial charge on any atom is 0.312 e. The van der Waals surface area contributed by atoms with Crippen molar-refractivity contribution in [1.29, 1.82) is 0 Å². The van der Waals surface area contributed by atoms with Gasteiger partial charge in [0.1, 0.15) is 5.78 Å². The average Bonchev–Trinajstić information content (AvgIpc) is 2.19. The molecule has 0 radical (unpaired) electrons. The summed E-state index contributed by atoms with van der Waals surface area (Å²) in [7, 11) is 0. The molecule has 3 N–H and O–H groups in total. The molecule has 1 aliphatic rings. The smallest absolute Gasteiger partial charge is 0.312 e. The van der Waals surface area contributed by atoms with Gasteiger partial charge in [0.2, 0.25) is 0 Å². The minimum atomic E-state index is -0.435. The molecule has 0 aromatic rings. The predicted molar refractivity (Wildman–Crippen MR) is 62.1 cm³/mol. The number of carbonyl (C=O) groups is 2. The molecular weight excluding hydrogens is 206 g/mol. The zero-order valence-corrected chi connectivity index (χ0v) is 9.87. The number of amides is 2. The van der Waals surface area contributed by atoms with Crippen molar-refractivity contribution in [3.05, 3.63) is 0 Å². The number of hydrogen-bond donors (Lipinski definition) is 2. The fourth-order valence-corrected chi connectivity index (χ4v) is 2.05. The molecule has 1 rings (SSSR count). The van der Waals surface area contributed by atoms with Gasteiger partial charge in [0.25, 0.3) is 0 Å². The standard InChI is InChI=1S/C11H21N3O2/c1-9(15)3-2-6-14-7-4-10(5-8-14)13-11(12)16/h10H,2-8H2,1H3,(H3,12,13,16). The Morgan fingerprint density at radius 1 is 1.38 bits per heavy atom. The number of primary amides is 1. The monoisotopic (exact) mass is 227 g/mol. The first-order chi connectivity index (χ1) is 7.58. The van der Waals surface area contributed by atoms with E-state index in [1.807, 2.05) is 0 Å². The van der Waals surface area contributed by atoms with E-state index in [1.165, 1.54) is 0 Å². The summed E-state index contributed by atoms with van der Waals surface area (Å²) in [4.78, 5) is 23.8. The number of Topliss-reactive ketones (excluding diaryl/α,β-unsaturated/α-hetero) is 1. The van der Waals surface area contributed by atoms with E-state index in [1.54, 1.807) is 6.92 Å². The third kappa shape index (κ3) is 5.11. The van der Waals surface area contributed by atoms with Crippen molar-refractivity contribution in [2.45, 2.75) is 38.6 Å². The average molecular weight is 227 g/mol. The van der Waals surface area contributed by atoms with Crippen LogP contribution in [0.25, 0.3) is 0 Å². The first kappa shape index (κ1) is 13.0. The van der Waals surface area contributed by atoms with Crippen LogP contribution in [-0.2, 0) is 4.79 Å². The second-order valence-corrected chi connectivity index (χ2v) is 4.43. The molecule has 0 unspecified atom stereocenters. The van der Waals surface area contributed by atoms with E-state index in [4.69, 9.17) is 5.73 Å². The van der Waals surface area contributed by atoms with E-state index >= 15 is 0 Å². The summed E-state index contributed by atoms with van der Waals surface area (Å²) >= 11 is 0. The van der Waals surface area contributed by atoms with Crippen LogP contribution in [0, 0.1) is 0 Å². The number of ketones is 1. The van der Waals surface area contributed by atoms with Gasteiger partial charge in [0.05, 0.1) is 0 Å². The Hall–Kier alpha value is -1.10. The maximum absolute atomic E-state index is 10.8. The lowest BCUT2D eigenvalue weighted by Crippen LogP contribution is -2.46. The SMILES string of the molecule is CC(=O)CCCN1CCC(NC(N)=O)CC1. The van der Waals surface area contributed by atoms with Gasteiger partial charge in [-0.25, -0.2) is 4.79 Å². The summed E-state index contributed by atoms with van der Waals surface area (Å²) in [6, 6.07) is -0.211. The third-order valence-electron chi connectivity index (χ3n) is 2.94. The Labute approximate surface area is 96.4 Å². The summed E-state index contributed by atoms with van der Waals surface area (Å²) < 4.78 is 0. The molecule has 0 atom stereocenters. The van der Waals surface area contributed by atoms with Crippen molar-refractivity contribution in [1.82, 2.24) is 10.2 Å². The highest BCUT2D eigenvalue weighted by Gasteiger charge is 2.19. The van der Waals surface area contributed by atoms with Crippen LogP contribution < -0.4 is 11.1 Å². The molecule has 0 aliphatic carbocycles. The van der Waals surface area contributed by atoms with Crippen LogP contribution in [0.15, 0.2) is 0 Å². The molecule has 1 saturated heterocycles. The van der Waals surface area contributed by atoms with E-state index in [-0.39, 0.29) is 11.8 Å². The zero-order valence-electron chi connectivity index (χ0n) is 9.87. The van der Waals surface area contributed by atoms with Gasteiger partial charge in [-0.2, -0.15) is 0 Å². The maximum atomic E-state index is 10.8. The molecule has 0 aromatic heterocycles. The number of urea groups is 1. The lowest BCUT2D eigenvalue weighted by atomic mass is 10.0. The van der Waals surface area contributed by atoms with Crippen LogP contribution in [0.1, 0.15) is 32.6 Å². The molecule has 0 spiro atoms. The number of nitrogens with zero attached hydrogens (tertiary/aromatic N) is 1. The number of likely N-dealkylation sites (tertiary alicyclic amines) is 1. The van der Waals surface area contributed by atoms with Gasteiger partial charge in [0, 0.05) is 25.6 Å². The number of rotatable bonds is 5. The molecule has 1 aliphatic heterocycles. The fourth-order valence-electron chi connectivity index (χ4n) is 2.05. The Morgan fingerprint density at radius 2 is 2.00 bits per heavy atom. The van der Waals surface area contributed by atoms with Gasteiger partial charge in [-0.15, -0.1) is 0 Å². The highest BCUT2D eigenvalue weighted by atomic mass is 16.2. The quantitative estimate of drug-likeness (QED) is 0.717. The Balaban J connectivity index is 2.12. The van der Waals surface area contributed by atoms with E-state index < -0.39 is 6.03 Å². The number of piperidine rings is 1. The minimum absolute atomic E-state index is 0.224. The topological polar surface area (TPSA) is 75.4 Å². The lowest BCUT2D eigenvalue weighted by molar-refractivity contribution is -0.117. The summed E-state index contributed by atoms with van der Waals surface area (Å²) in [5.74, 6) is 0.255. The molecular formula is C11H21N3O2. The second-order valence-electron chi connectivity index (χ2n) is 4.43. The zero-order chi connectivity index (χ0) is 12.0. The molecule has 2 amide bonds. The van der Waals surface area contributed by atoms with Gasteiger partial charge in [0.15, 0.2) is 0 Å². The van der Waals surface area contributed by atoms with E-state index in [2.05, 4.69) is 10.2 Å². The number of nitrogens with two attached hydrogens (primary N) is 1. The normalized spacial score (nSPS) is 18.3. The van der Waals surface area contributed by atoms with Crippen LogP contribution in [-0.4, -0.2) is 42.4 Å². The van der Waals surface area contributed by atoms with Crippen LogP contribution in [0.2, 0.25) is 0 Å². The lowest BCUT2D eigenvalue weighted by Gasteiger charge is -2.31. The highest BCUT2D eigenvalue weighted by molar-refractivity contribution is 5.75. The molecule has 5 heteroatoms. The van der Waals surface area contributed by atoms with Crippen molar-refractivity contribution in [3.8, 4) is 0 Å². The summed E-state index contributed by atoms with van der Waals surface area (Å²) in [5, 5.41) is 2.73. The van der Waals surface area contributed by atoms with Gasteiger partial charge in [-0.3, -0.25) is 0 Å². The van der Waals surface area contributed by atoms with Gasteiger partial charge < -0.3 is 20.7 Å². The minimum Gasteiger partial charge on any atom is -0.352 e. The summed E-state index contributed by atoms with van der Waals surface area (Å²) in [6.07, 6.45) is 3.49. The highest BCUT2D eigenvalue weighted by Crippen LogP contribution is 2.10. The Morgan fingerprint density at radius 3 is 2.50 bits per heavy atom. The van der Waals surface area contributed by atoms with E-state index in [0.29, 0.717) is 6.42 Å². The van der Waals surface area contributed by atoms with Crippen molar-refractivity contribution in [2.24, 2.45) is 5.73 Å². The number of nitrogens with one attached hydrogen (secondary N) is 1. The fraction of sp³-hybridized carbons (Fsp3) is 0.818. The third-order valence-corrected chi connectivity index (χ3v) is 2.94. The van der Waals surface area contributed by atoms with Crippen molar-refractivity contribution < 1.29 is 9.59 Å². The van der Waals surface area contributed by atoms with Gasteiger partial charge in [-0.05, 0) is 32.7 Å². The van der Waals surface area contributed by atoms with Crippen molar-refractivity contribution in [3.63, 3.8) is 0 Å². The van der Waals surface area contributed by atoms with E-state index in [0.717, 1.165) is 38.9 Å². The summed E-state index contributed by atoms with van der Waals surface area (Å²) in [6.45, 7) is 4.55. The van der Waals surface area contributed by atoms with Gasteiger partial charge >= 0.3 is 6.03 Å².